The van der Waals surface area contributed by atoms with Gasteiger partial charge in [-0.2, -0.15) is 0 Å². The normalized spacial score (nSPS) is 13.5. The lowest BCUT2D eigenvalue weighted by Gasteiger charge is -2.03. The van der Waals surface area contributed by atoms with Crippen molar-refractivity contribution in [2.24, 2.45) is 0 Å². The van der Waals surface area contributed by atoms with E-state index in [0.29, 0.717) is 16.8 Å². The molecular weight excluding hydrogens is 292 g/mol. The molecule has 1 heterocycles. The minimum Gasteiger partial charge on any atom is -0.322 e. The van der Waals surface area contributed by atoms with Crippen molar-refractivity contribution >= 4 is 29.5 Å². The summed E-state index contributed by atoms with van der Waals surface area (Å²) in [6, 6.07) is 14.1. The third-order valence-electron chi connectivity index (χ3n) is 3.58. The van der Waals surface area contributed by atoms with E-state index in [0.717, 1.165) is 10.5 Å². The Bertz CT molecular complexity index is 825. The van der Waals surface area contributed by atoms with Gasteiger partial charge in [0, 0.05) is 18.8 Å². The Labute approximate surface area is 133 Å². The molecular formula is C18H14N2O3. The summed E-state index contributed by atoms with van der Waals surface area (Å²) in [5.74, 6) is -0.994. The van der Waals surface area contributed by atoms with E-state index in [-0.39, 0.29) is 17.7 Å². The molecule has 0 fully saturated rings. The van der Waals surface area contributed by atoms with Crippen LogP contribution in [0.1, 0.15) is 26.3 Å². The van der Waals surface area contributed by atoms with Crippen LogP contribution in [0.3, 0.4) is 0 Å². The van der Waals surface area contributed by atoms with E-state index in [4.69, 9.17) is 0 Å². The van der Waals surface area contributed by atoms with E-state index in [9.17, 15) is 14.4 Å². The molecule has 0 aromatic heterocycles. The molecule has 2 aromatic rings. The highest BCUT2D eigenvalue weighted by molar-refractivity contribution is 6.21. The first-order valence-corrected chi connectivity index (χ1v) is 7.07. The first kappa shape index (κ1) is 14.7. The van der Waals surface area contributed by atoms with Crippen LogP contribution in [-0.4, -0.2) is 29.7 Å². The van der Waals surface area contributed by atoms with E-state index in [1.54, 1.807) is 18.2 Å². The van der Waals surface area contributed by atoms with Gasteiger partial charge in [0.25, 0.3) is 11.8 Å². The van der Waals surface area contributed by atoms with Gasteiger partial charge in [-0.1, -0.05) is 30.3 Å². The fourth-order valence-corrected chi connectivity index (χ4v) is 2.36. The lowest BCUT2D eigenvalue weighted by molar-refractivity contribution is -0.111. The number of carbonyl (C=O) groups is 3. The van der Waals surface area contributed by atoms with Crippen LogP contribution in [-0.2, 0) is 4.79 Å². The van der Waals surface area contributed by atoms with Crippen molar-refractivity contribution in [3.63, 3.8) is 0 Å². The summed E-state index contributed by atoms with van der Waals surface area (Å²) in [6.07, 6.45) is 3.12. The standard InChI is InChI=1S/C18H14N2O3/c1-20-17(22)14-9-8-13(11-15(14)18(20)23)19-16(21)10-7-12-5-3-2-4-6-12/h2-11H,1H3,(H,19,21). The van der Waals surface area contributed by atoms with Crippen LogP contribution in [0.5, 0.6) is 0 Å². The molecule has 5 nitrogen and oxygen atoms in total. The number of imide groups is 1. The van der Waals surface area contributed by atoms with Crippen molar-refractivity contribution in [1.29, 1.82) is 0 Å². The molecule has 1 aliphatic rings. The number of nitrogens with one attached hydrogen (secondary N) is 1. The molecule has 0 atom stereocenters. The highest BCUT2D eigenvalue weighted by Gasteiger charge is 2.32. The Kier molecular flexibility index (Phi) is 3.76. The van der Waals surface area contributed by atoms with Gasteiger partial charge in [-0.25, -0.2) is 0 Å². The number of benzene rings is 2. The van der Waals surface area contributed by atoms with Gasteiger partial charge < -0.3 is 5.32 Å². The second kappa shape index (κ2) is 5.88. The maximum absolute atomic E-state index is 11.9. The Morgan fingerprint density at radius 3 is 2.43 bits per heavy atom. The van der Waals surface area contributed by atoms with Crippen molar-refractivity contribution in [2.45, 2.75) is 0 Å². The van der Waals surface area contributed by atoms with Gasteiger partial charge in [0.1, 0.15) is 0 Å². The average Bonchev–Trinajstić information content (AvgIpc) is 2.78. The molecule has 0 spiro atoms. The Morgan fingerprint density at radius 1 is 1.00 bits per heavy atom. The Hall–Kier alpha value is -3.21. The fourth-order valence-electron chi connectivity index (χ4n) is 2.36. The molecule has 2 aromatic carbocycles. The molecule has 0 bridgehead atoms. The Morgan fingerprint density at radius 2 is 1.70 bits per heavy atom. The number of amides is 3. The van der Waals surface area contributed by atoms with Crippen LogP contribution < -0.4 is 5.32 Å². The molecule has 5 heteroatoms. The van der Waals surface area contributed by atoms with E-state index < -0.39 is 0 Å². The molecule has 1 N–H and O–H groups in total. The van der Waals surface area contributed by atoms with Crippen LogP contribution >= 0.6 is 0 Å². The predicted octanol–water partition coefficient (Wildman–Crippen LogP) is 2.56. The van der Waals surface area contributed by atoms with Gasteiger partial charge in [-0.3, -0.25) is 19.3 Å². The van der Waals surface area contributed by atoms with Crippen LogP contribution in [0, 0.1) is 0 Å². The maximum Gasteiger partial charge on any atom is 0.261 e. The van der Waals surface area contributed by atoms with E-state index >= 15 is 0 Å². The van der Waals surface area contributed by atoms with Crippen molar-refractivity contribution in [3.8, 4) is 0 Å². The van der Waals surface area contributed by atoms with Gasteiger partial charge in [-0.05, 0) is 29.8 Å². The van der Waals surface area contributed by atoms with Crippen LogP contribution in [0.4, 0.5) is 5.69 Å². The molecule has 23 heavy (non-hydrogen) atoms. The van der Waals surface area contributed by atoms with Crippen molar-refractivity contribution < 1.29 is 14.4 Å². The molecule has 1 aliphatic heterocycles. The van der Waals surface area contributed by atoms with Gasteiger partial charge in [0.2, 0.25) is 5.91 Å². The molecule has 0 saturated carbocycles. The van der Waals surface area contributed by atoms with Gasteiger partial charge >= 0.3 is 0 Å². The largest absolute Gasteiger partial charge is 0.322 e. The SMILES string of the molecule is CN1C(=O)c2ccc(NC(=O)C=Cc3ccccc3)cc2C1=O. The Balaban J connectivity index is 1.75. The minimum absolute atomic E-state index is 0.307. The summed E-state index contributed by atoms with van der Waals surface area (Å²) in [5, 5.41) is 2.68. The molecule has 3 rings (SSSR count). The second-order valence-corrected chi connectivity index (χ2v) is 5.16. The average molecular weight is 306 g/mol. The van der Waals surface area contributed by atoms with Gasteiger partial charge in [0.15, 0.2) is 0 Å². The summed E-state index contributed by atoms with van der Waals surface area (Å²) in [4.78, 5) is 36.7. The molecule has 0 unspecified atom stereocenters. The zero-order valence-electron chi connectivity index (χ0n) is 12.4. The summed E-state index contributed by atoms with van der Waals surface area (Å²) in [6.45, 7) is 0. The van der Waals surface area contributed by atoms with Crippen LogP contribution in [0.25, 0.3) is 6.08 Å². The molecule has 0 saturated heterocycles. The minimum atomic E-state index is -0.360. The van der Waals surface area contributed by atoms with Crippen molar-refractivity contribution in [2.75, 3.05) is 12.4 Å². The van der Waals surface area contributed by atoms with Gasteiger partial charge in [-0.15, -0.1) is 0 Å². The number of rotatable bonds is 3. The number of carbonyl (C=O) groups excluding carboxylic acids is 3. The maximum atomic E-state index is 11.9. The molecule has 0 radical (unpaired) electrons. The van der Waals surface area contributed by atoms with E-state index in [1.807, 2.05) is 30.3 Å². The third-order valence-corrected chi connectivity index (χ3v) is 3.58. The van der Waals surface area contributed by atoms with Crippen LogP contribution in [0.15, 0.2) is 54.6 Å². The number of nitrogens with zero attached hydrogens (tertiary/aromatic N) is 1. The van der Waals surface area contributed by atoms with Crippen molar-refractivity contribution in [3.05, 3.63) is 71.3 Å². The highest BCUT2D eigenvalue weighted by Crippen LogP contribution is 2.24. The van der Waals surface area contributed by atoms with Crippen LogP contribution in [0.2, 0.25) is 0 Å². The topological polar surface area (TPSA) is 66.5 Å². The third kappa shape index (κ3) is 2.89. The smallest absolute Gasteiger partial charge is 0.261 e. The zero-order chi connectivity index (χ0) is 16.4. The van der Waals surface area contributed by atoms with Crippen molar-refractivity contribution in [1.82, 2.24) is 4.90 Å². The summed E-state index contributed by atoms with van der Waals surface area (Å²) < 4.78 is 0. The molecule has 0 aliphatic carbocycles. The molecule has 3 amide bonds. The van der Waals surface area contributed by atoms with Gasteiger partial charge in [0.05, 0.1) is 11.1 Å². The lowest BCUT2D eigenvalue weighted by Crippen LogP contribution is -2.24. The van der Waals surface area contributed by atoms with E-state index in [1.165, 1.54) is 19.2 Å². The lowest BCUT2D eigenvalue weighted by atomic mass is 10.1. The summed E-state index contributed by atoms with van der Waals surface area (Å²) in [7, 11) is 1.44. The second-order valence-electron chi connectivity index (χ2n) is 5.16. The quantitative estimate of drug-likeness (QED) is 0.700. The number of fused-ring (bicyclic) bond motifs is 1. The molecule has 114 valence electrons. The summed E-state index contributed by atoms with van der Waals surface area (Å²) in [5.41, 5.74) is 2.06. The first-order valence-electron chi connectivity index (χ1n) is 7.07. The monoisotopic (exact) mass is 306 g/mol. The predicted molar refractivity (Wildman–Crippen MR) is 87.0 cm³/mol. The number of hydrogen-bond donors (Lipinski definition) is 1. The first-order chi connectivity index (χ1) is 11.1. The summed E-state index contributed by atoms with van der Waals surface area (Å²) >= 11 is 0. The highest BCUT2D eigenvalue weighted by atomic mass is 16.2. The fraction of sp³-hybridized carbons (Fsp3) is 0.0556. The van der Waals surface area contributed by atoms with E-state index in [2.05, 4.69) is 5.32 Å². The zero-order valence-corrected chi connectivity index (χ0v) is 12.4. The number of hydrogen-bond acceptors (Lipinski definition) is 3. The number of anilines is 1.